The number of nitrogens with zero attached hydrogens (tertiary/aromatic N) is 2. The second-order valence-corrected chi connectivity index (χ2v) is 36.2. The van der Waals surface area contributed by atoms with Crippen LogP contribution in [0.3, 0.4) is 0 Å². The van der Waals surface area contributed by atoms with Gasteiger partial charge in [-0.3, -0.25) is 0 Å². The third kappa shape index (κ3) is 5.50. The molecule has 0 heterocycles. The average molecular weight is 338 g/mol. The summed E-state index contributed by atoms with van der Waals surface area (Å²) >= 11 is 0. The van der Waals surface area contributed by atoms with E-state index in [0.29, 0.717) is 0 Å². The van der Waals surface area contributed by atoms with Crippen molar-refractivity contribution >= 4 is 30.5 Å². The maximum absolute atomic E-state index is 6.56. The monoisotopic (exact) mass is 337 g/mol. The lowest BCUT2D eigenvalue weighted by Gasteiger charge is -2.39. The number of rotatable bonds is 6. The molecular formula is C12H34N2OPSi3+. The molecule has 0 aromatic carbocycles. The summed E-state index contributed by atoms with van der Waals surface area (Å²) in [5, 5.41) is 0. The Balaban J connectivity index is 5.87. The van der Waals surface area contributed by atoms with Crippen LogP contribution in [0.2, 0.25) is 58.9 Å². The highest BCUT2D eigenvalue weighted by atomic mass is 31.7. The Labute approximate surface area is 123 Å². The Morgan fingerprint density at radius 2 is 1.16 bits per heavy atom. The van der Waals surface area contributed by atoms with Gasteiger partial charge in [-0.2, -0.15) is 0 Å². The summed E-state index contributed by atoms with van der Waals surface area (Å²) in [5.41, 5.74) is 0. The van der Waals surface area contributed by atoms with Gasteiger partial charge in [-0.15, -0.1) is 0 Å². The molecule has 0 saturated heterocycles. The van der Waals surface area contributed by atoms with Gasteiger partial charge in [0, 0.05) is 0 Å². The van der Waals surface area contributed by atoms with Crippen LogP contribution in [0.1, 0.15) is 13.8 Å². The predicted octanol–water partition coefficient (Wildman–Crippen LogP) is 6.22. The molecule has 0 fully saturated rings. The Kier molecular flexibility index (Phi) is 6.39. The molecule has 0 aliphatic heterocycles. The molecule has 0 amide bonds. The SMILES string of the molecule is CC(C)O[P+](N=N[Si](C)(C)C)([Si](C)(C)C)[Si](C)(C)C. The first-order valence-corrected chi connectivity index (χ1v) is 20.9. The van der Waals surface area contributed by atoms with Gasteiger partial charge in [0.15, 0.2) is 0 Å². The first-order valence-electron chi connectivity index (χ1n) is 7.14. The van der Waals surface area contributed by atoms with Gasteiger partial charge in [-0.25, -0.2) is 9.30 Å². The first kappa shape index (κ1) is 19.6. The number of hydrogen-bond acceptors (Lipinski definition) is 3. The van der Waals surface area contributed by atoms with Crippen molar-refractivity contribution < 1.29 is 4.52 Å². The smallest absolute Gasteiger partial charge is 0.235 e. The van der Waals surface area contributed by atoms with Gasteiger partial charge in [0.05, 0.1) is 6.10 Å². The second-order valence-electron chi connectivity index (χ2n) is 8.43. The fourth-order valence-electron chi connectivity index (χ4n) is 2.11. The van der Waals surface area contributed by atoms with Crippen molar-refractivity contribution in [2.45, 2.75) is 78.9 Å². The van der Waals surface area contributed by atoms with Gasteiger partial charge in [-0.1, -0.05) is 0 Å². The topological polar surface area (TPSA) is 34.0 Å². The van der Waals surface area contributed by atoms with Crippen molar-refractivity contribution in [1.29, 1.82) is 0 Å². The van der Waals surface area contributed by atoms with Crippen LogP contribution in [-0.2, 0) is 4.52 Å². The van der Waals surface area contributed by atoms with E-state index in [0.717, 1.165) is 0 Å². The van der Waals surface area contributed by atoms with Crippen LogP contribution in [0.4, 0.5) is 0 Å². The van der Waals surface area contributed by atoms with E-state index in [2.05, 4.69) is 72.8 Å². The molecule has 0 rings (SSSR count). The maximum Gasteiger partial charge on any atom is 0.268 e. The van der Waals surface area contributed by atoms with Crippen LogP contribution in [0.15, 0.2) is 9.66 Å². The summed E-state index contributed by atoms with van der Waals surface area (Å²) in [5.74, 6) is 0. The third-order valence-electron chi connectivity index (χ3n) is 2.65. The molecule has 0 unspecified atom stereocenters. The van der Waals surface area contributed by atoms with Crippen LogP contribution >= 0.6 is 6.74 Å². The zero-order valence-electron chi connectivity index (χ0n) is 14.8. The molecule has 0 aromatic heterocycles. The summed E-state index contributed by atoms with van der Waals surface area (Å²) in [6.07, 6.45) is 0.243. The zero-order valence-corrected chi connectivity index (χ0v) is 18.7. The largest absolute Gasteiger partial charge is 0.268 e. The lowest BCUT2D eigenvalue weighted by Crippen LogP contribution is -2.42. The van der Waals surface area contributed by atoms with Crippen molar-refractivity contribution in [1.82, 2.24) is 0 Å². The van der Waals surface area contributed by atoms with Gasteiger partial charge in [0.1, 0.15) is 0 Å². The van der Waals surface area contributed by atoms with E-state index in [1.54, 1.807) is 0 Å². The molecule has 0 radical (unpaired) electrons. The summed E-state index contributed by atoms with van der Waals surface area (Å²) in [7, 11) is -4.57. The van der Waals surface area contributed by atoms with Crippen molar-refractivity contribution in [3.8, 4) is 0 Å². The normalized spacial score (nSPS) is 15.6. The van der Waals surface area contributed by atoms with Crippen LogP contribution in [0, 0.1) is 0 Å². The Hall–Kier alpha value is 0.641. The summed E-state index contributed by atoms with van der Waals surface area (Å²) in [4.78, 5) is 5.01. The van der Waals surface area contributed by atoms with Gasteiger partial charge in [-0.05, 0) is 77.7 Å². The molecule has 0 saturated carbocycles. The van der Waals surface area contributed by atoms with E-state index in [-0.39, 0.29) is 6.10 Å². The molecule has 0 bridgehead atoms. The van der Waals surface area contributed by atoms with Gasteiger partial charge in [0.25, 0.3) is 15.5 Å². The minimum absolute atomic E-state index is 0.243. The Morgan fingerprint density at radius 3 is 1.37 bits per heavy atom. The quantitative estimate of drug-likeness (QED) is 0.322. The van der Waals surface area contributed by atoms with Crippen molar-refractivity contribution in [3.63, 3.8) is 0 Å². The molecule has 0 aliphatic carbocycles. The standard InChI is InChI=1S/C12H34N2OPSi3/c1-12(2)15-16(18(6,7)8,19(9,10)11)13-14-17(3,4)5/h12H,1-11H3/q+1. The Bertz CT molecular complexity index is 313. The third-order valence-corrected chi connectivity index (χ3v) is 32.4. The van der Waals surface area contributed by atoms with Gasteiger partial charge in [0.2, 0.25) is 15.0 Å². The van der Waals surface area contributed by atoms with Crippen molar-refractivity contribution in [3.05, 3.63) is 0 Å². The van der Waals surface area contributed by atoms with Crippen LogP contribution in [0.5, 0.6) is 0 Å². The van der Waals surface area contributed by atoms with E-state index < -0.39 is 30.5 Å². The molecule has 0 spiro atoms. The molecule has 0 aliphatic rings. The molecule has 19 heavy (non-hydrogen) atoms. The van der Waals surface area contributed by atoms with E-state index in [1.807, 2.05) is 0 Å². The minimum atomic E-state index is -1.75. The van der Waals surface area contributed by atoms with E-state index in [9.17, 15) is 0 Å². The van der Waals surface area contributed by atoms with E-state index in [1.165, 1.54) is 0 Å². The summed E-state index contributed by atoms with van der Waals surface area (Å²) in [6, 6.07) is 0. The fraction of sp³-hybridized carbons (Fsp3) is 1.00. The fourth-order valence-corrected chi connectivity index (χ4v) is 37.3. The average Bonchev–Trinajstić information content (AvgIpc) is 2.05. The highest BCUT2D eigenvalue weighted by Crippen LogP contribution is 2.75. The van der Waals surface area contributed by atoms with Crippen molar-refractivity contribution in [2.75, 3.05) is 0 Å². The van der Waals surface area contributed by atoms with E-state index >= 15 is 0 Å². The molecule has 0 aromatic rings. The first-order chi connectivity index (χ1) is 8.12. The van der Waals surface area contributed by atoms with Crippen LogP contribution < -0.4 is 0 Å². The minimum Gasteiger partial charge on any atom is -0.235 e. The van der Waals surface area contributed by atoms with Crippen LogP contribution in [0.25, 0.3) is 0 Å². The lowest BCUT2D eigenvalue weighted by molar-refractivity contribution is 0.270. The van der Waals surface area contributed by atoms with Gasteiger partial charge < -0.3 is 0 Å². The predicted molar refractivity (Wildman–Crippen MR) is 98.0 cm³/mol. The molecule has 0 N–H and O–H groups in total. The molecule has 114 valence electrons. The molecule has 3 nitrogen and oxygen atoms in total. The maximum atomic E-state index is 6.56. The van der Waals surface area contributed by atoms with Gasteiger partial charge >= 0.3 is 0 Å². The Morgan fingerprint density at radius 1 is 0.789 bits per heavy atom. The van der Waals surface area contributed by atoms with E-state index in [4.69, 9.17) is 14.2 Å². The summed E-state index contributed by atoms with van der Waals surface area (Å²) in [6.45, 7) is 23.7. The molecule has 0 atom stereocenters. The highest BCUT2D eigenvalue weighted by molar-refractivity contribution is 8.26. The van der Waals surface area contributed by atoms with Crippen molar-refractivity contribution in [2.24, 2.45) is 9.66 Å². The molecular weight excluding hydrogens is 303 g/mol. The molecule has 7 heteroatoms. The second kappa shape index (κ2) is 6.18. The summed E-state index contributed by atoms with van der Waals surface area (Å²) < 4.78 is 11.3. The highest BCUT2D eigenvalue weighted by Gasteiger charge is 2.65. The lowest BCUT2D eigenvalue weighted by atomic mass is 10.5. The number of hydrogen-bond donors (Lipinski definition) is 0. The van der Waals surface area contributed by atoms with Crippen LogP contribution in [-0.4, -0.2) is 29.8 Å². The zero-order chi connectivity index (χ0) is 15.7.